The van der Waals surface area contributed by atoms with Gasteiger partial charge in [0.2, 0.25) is 0 Å². The summed E-state index contributed by atoms with van der Waals surface area (Å²) in [6.07, 6.45) is 14.3. The monoisotopic (exact) mass is 540 g/mol. The molecule has 0 saturated heterocycles. The first-order valence-corrected chi connectivity index (χ1v) is 14.0. The van der Waals surface area contributed by atoms with Crippen LogP contribution in [-0.4, -0.2) is 39.0 Å². The van der Waals surface area contributed by atoms with Gasteiger partial charge in [-0.05, 0) is 43.0 Å². The van der Waals surface area contributed by atoms with Crippen molar-refractivity contribution in [3.63, 3.8) is 0 Å². The third kappa shape index (κ3) is 6.11. The molecule has 4 heterocycles. The fourth-order valence-electron chi connectivity index (χ4n) is 5.26. The van der Waals surface area contributed by atoms with Gasteiger partial charge in [0, 0.05) is 50.2 Å². The van der Waals surface area contributed by atoms with Crippen LogP contribution in [0.2, 0.25) is 0 Å². The molecule has 0 bridgehead atoms. The van der Waals surface area contributed by atoms with E-state index in [-0.39, 0.29) is 6.04 Å². The topological polar surface area (TPSA) is 87.2 Å². The van der Waals surface area contributed by atoms with E-state index in [2.05, 4.69) is 84.5 Å². The maximum atomic E-state index is 4.83. The fourth-order valence-corrected chi connectivity index (χ4v) is 5.26. The highest BCUT2D eigenvalue weighted by atomic mass is 15.1. The first kappa shape index (κ1) is 26.3. The maximum Gasteiger partial charge on any atom is 0.177 e. The van der Waals surface area contributed by atoms with Crippen LogP contribution in [0, 0.1) is 0 Å². The molecular weight excluding hydrogens is 508 g/mol. The number of aromatic nitrogens is 8. The molecule has 0 aliphatic heterocycles. The summed E-state index contributed by atoms with van der Waals surface area (Å²) in [7, 11) is 0. The van der Waals surface area contributed by atoms with E-state index in [9.17, 15) is 0 Å². The van der Waals surface area contributed by atoms with Crippen LogP contribution in [0.15, 0.2) is 110 Å². The summed E-state index contributed by atoms with van der Waals surface area (Å²) in [5, 5.41) is 0. The fraction of sp³-hybridized carbons (Fsp3) is 0.212. The zero-order valence-corrected chi connectivity index (χ0v) is 23.1. The molecule has 0 aliphatic carbocycles. The predicted octanol–water partition coefficient (Wildman–Crippen LogP) is 6.22. The van der Waals surface area contributed by atoms with Crippen molar-refractivity contribution in [2.45, 2.75) is 45.2 Å². The molecule has 0 fully saturated rings. The minimum atomic E-state index is 0.188. The summed E-state index contributed by atoms with van der Waals surface area (Å²) in [5.74, 6) is 3.40. The van der Waals surface area contributed by atoms with Gasteiger partial charge in [-0.15, -0.1) is 0 Å². The minimum Gasteiger partial charge on any atom is -0.325 e. The lowest BCUT2D eigenvalue weighted by atomic mass is 10.1. The molecule has 0 spiro atoms. The van der Waals surface area contributed by atoms with E-state index in [1.54, 1.807) is 24.8 Å². The summed E-state index contributed by atoms with van der Waals surface area (Å²) in [5.41, 5.74) is 4.33. The van der Waals surface area contributed by atoms with E-state index in [1.807, 2.05) is 36.7 Å². The highest BCUT2D eigenvalue weighted by Gasteiger charge is 2.20. The Hall–Kier alpha value is -4.98. The molecule has 6 rings (SSSR count). The lowest BCUT2D eigenvalue weighted by molar-refractivity contribution is 0.454. The van der Waals surface area contributed by atoms with Gasteiger partial charge in [0.25, 0.3) is 0 Å². The Balaban J connectivity index is 1.25. The Bertz CT molecular complexity index is 1660. The van der Waals surface area contributed by atoms with Crippen LogP contribution >= 0.6 is 0 Å². The Labute approximate surface area is 239 Å². The Morgan fingerprint density at radius 1 is 0.585 bits per heavy atom. The SMILES string of the molecule is CC(CCCn1c(-c2ncccn2)cnc1Cc1ccccc1)n1c(-c2ncccn2)cnc1Cc1ccccc1. The van der Waals surface area contributed by atoms with Gasteiger partial charge in [0.05, 0.1) is 12.4 Å². The van der Waals surface area contributed by atoms with Crippen molar-refractivity contribution < 1.29 is 0 Å². The molecule has 0 amide bonds. The van der Waals surface area contributed by atoms with Crippen LogP contribution in [0.4, 0.5) is 0 Å². The summed E-state index contributed by atoms with van der Waals surface area (Å²) in [6, 6.07) is 24.8. The van der Waals surface area contributed by atoms with Crippen LogP contribution in [0.25, 0.3) is 23.0 Å². The van der Waals surface area contributed by atoms with Crippen LogP contribution in [-0.2, 0) is 19.4 Å². The molecule has 8 heteroatoms. The second-order valence-electron chi connectivity index (χ2n) is 10.1. The first-order valence-electron chi connectivity index (χ1n) is 14.0. The van der Waals surface area contributed by atoms with Gasteiger partial charge in [-0.25, -0.2) is 29.9 Å². The lowest BCUT2D eigenvalue weighted by Gasteiger charge is -2.20. The van der Waals surface area contributed by atoms with Gasteiger partial charge in [-0.3, -0.25) is 0 Å². The van der Waals surface area contributed by atoms with Crippen molar-refractivity contribution in [3.8, 4) is 23.0 Å². The molecule has 0 radical (unpaired) electrons. The Morgan fingerprint density at radius 3 is 1.71 bits per heavy atom. The van der Waals surface area contributed by atoms with Crippen molar-refractivity contribution in [3.05, 3.63) is 133 Å². The molecule has 8 nitrogen and oxygen atoms in total. The van der Waals surface area contributed by atoms with E-state index in [0.717, 1.165) is 55.3 Å². The highest BCUT2D eigenvalue weighted by Crippen LogP contribution is 2.27. The number of hydrogen-bond donors (Lipinski definition) is 0. The van der Waals surface area contributed by atoms with Gasteiger partial charge in [0.1, 0.15) is 23.0 Å². The van der Waals surface area contributed by atoms with Crippen molar-refractivity contribution in [1.29, 1.82) is 0 Å². The molecule has 1 atom stereocenters. The van der Waals surface area contributed by atoms with Gasteiger partial charge in [-0.1, -0.05) is 60.7 Å². The molecule has 2 aromatic carbocycles. The highest BCUT2D eigenvalue weighted by molar-refractivity contribution is 5.50. The number of benzene rings is 2. The van der Waals surface area contributed by atoms with E-state index < -0.39 is 0 Å². The molecule has 6 aromatic rings. The molecule has 204 valence electrons. The van der Waals surface area contributed by atoms with Gasteiger partial charge >= 0.3 is 0 Å². The second kappa shape index (κ2) is 12.5. The van der Waals surface area contributed by atoms with E-state index >= 15 is 0 Å². The number of rotatable bonds is 11. The van der Waals surface area contributed by atoms with Crippen molar-refractivity contribution in [2.75, 3.05) is 0 Å². The molecular formula is C33H32N8. The smallest absolute Gasteiger partial charge is 0.177 e. The van der Waals surface area contributed by atoms with Crippen molar-refractivity contribution in [1.82, 2.24) is 39.0 Å². The quantitative estimate of drug-likeness (QED) is 0.194. The van der Waals surface area contributed by atoms with Crippen LogP contribution in [0.5, 0.6) is 0 Å². The summed E-state index contributed by atoms with van der Waals surface area (Å²) in [6.45, 7) is 3.06. The molecule has 0 N–H and O–H groups in total. The number of hydrogen-bond acceptors (Lipinski definition) is 6. The van der Waals surface area contributed by atoms with Crippen LogP contribution in [0.1, 0.15) is 48.6 Å². The van der Waals surface area contributed by atoms with E-state index in [4.69, 9.17) is 9.97 Å². The average molecular weight is 541 g/mol. The largest absolute Gasteiger partial charge is 0.325 e. The van der Waals surface area contributed by atoms with E-state index in [0.29, 0.717) is 11.6 Å². The summed E-state index contributed by atoms with van der Waals surface area (Å²) in [4.78, 5) is 27.7. The standard InChI is InChI=1S/C33H32N8/c1-25(41-29(33-36-18-10-19-37-33)24-39-31(41)22-27-14-6-3-7-15-27)11-8-20-40-28(32-34-16-9-17-35-32)23-38-30(40)21-26-12-4-2-5-13-26/h2-7,9-10,12-19,23-25H,8,11,20-22H2,1H3. The maximum absolute atomic E-state index is 4.83. The average Bonchev–Trinajstić information content (AvgIpc) is 3.63. The zero-order valence-electron chi connectivity index (χ0n) is 23.1. The third-order valence-corrected chi connectivity index (χ3v) is 7.26. The first-order chi connectivity index (χ1) is 20.3. The van der Waals surface area contributed by atoms with Crippen LogP contribution < -0.4 is 0 Å². The molecule has 41 heavy (non-hydrogen) atoms. The second-order valence-corrected chi connectivity index (χ2v) is 10.1. The Kier molecular flexibility index (Phi) is 7.98. The van der Waals surface area contributed by atoms with E-state index in [1.165, 1.54) is 11.1 Å². The minimum absolute atomic E-state index is 0.188. The molecule has 4 aromatic heterocycles. The van der Waals surface area contributed by atoms with Gasteiger partial charge in [0.15, 0.2) is 11.6 Å². The lowest BCUT2D eigenvalue weighted by Crippen LogP contribution is -2.14. The molecule has 0 saturated carbocycles. The third-order valence-electron chi connectivity index (χ3n) is 7.26. The van der Waals surface area contributed by atoms with Gasteiger partial charge < -0.3 is 9.13 Å². The Morgan fingerprint density at radius 2 is 1.10 bits per heavy atom. The van der Waals surface area contributed by atoms with Crippen LogP contribution in [0.3, 0.4) is 0 Å². The molecule has 1 unspecified atom stereocenters. The predicted molar refractivity (Wildman–Crippen MR) is 159 cm³/mol. The zero-order chi connectivity index (χ0) is 27.9. The normalized spacial score (nSPS) is 11.9. The molecule has 0 aliphatic rings. The number of imidazole rings is 2. The van der Waals surface area contributed by atoms with Gasteiger partial charge in [-0.2, -0.15) is 0 Å². The van der Waals surface area contributed by atoms with Crippen molar-refractivity contribution in [2.24, 2.45) is 0 Å². The number of nitrogens with zero attached hydrogens (tertiary/aromatic N) is 8. The van der Waals surface area contributed by atoms with Crippen molar-refractivity contribution >= 4 is 0 Å². The summed E-state index contributed by atoms with van der Waals surface area (Å²) >= 11 is 0. The summed E-state index contributed by atoms with van der Waals surface area (Å²) < 4.78 is 4.58.